The Balaban J connectivity index is 2.52. The van der Waals surface area contributed by atoms with E-state index in [0.717, 1.165) is 0 Å². The largest absolute Gasteiger partial charge is 0.446 e. The summed E-state index contributed by atoms with van der Waals surface area (Å²) < 4.78 is 71.7. The molecule has 0 amide bonds. The molecule has 3 rings (SSSR count). The van der Waals surface area contributed by atoms with Crippen LogP contribution in [0.15, 0.2) is 48.5 Å². The van der Waals surface area contributed by atoms with Crippen molar-refractivity contribution in [1.82, 2.24) is 0 Å². The molecule has 0 aliphatic carbocycles. The zero-order valence-corrected chi connectivity index (χ0v) is 13.4. The van der Waals surface area contributed by atoms with Crippen molar-refractivity contribution < 1.29 is 34.3 Å². The van der Waals surface area contributed by atoms with Gasteiger partial charge in [0, 0.05) is 10.8 Å². The second kappa shape index (κ2) is 5.60. The fourth-order valence-corrected chi connectivity index (χ4v) is 3.20. The van der Waals surface area contributed by atoms with Gasteiger partial charge in [-0.15, -0.1) is 0 Å². The number of fused-ring (bicyclic) bond motifs is 3. The predicted molar refractivity (Wildman–Crippen MR) is 85.8 cm³/mol. The topological polar surface area (TPSA) is 127 Å². The van der Waals surface area contributed by atoms with Crippen molar-refractivity contribution in [2.45, 2.75) is 0 Å². The molecule has 0 aromatic heterocycles. The van der Waals surface area contributed by atoms with Crippen LogP contribution >= 0.6 is 0 Å². The fraction of sp³-hybridized carbons (Fsp3) is 0. The van der Waals surface area contributed by atoms with Crippen LogP contribution in [0.5, 0.6) is 11.5 Å². The van der Waals surface area contributed by atoms with E-state index in [1.807, 2.05) is 0 Å². The van der Waals surface area contributed by atoms with Gasteiger partial charge in [0.2, 0.25) is 0 Å². The maximum absolute atomic E-state index is 11.2. The van der Waals surface area contributed by atoms with E-state index in [9.17, 15) is 16.8 Å². The SMILES string of the molecule is O=S(=O)(O)Oc1c(OS(=O)(=O)O)c2ccccc2c2ccccc12. The first-order chi connectivity index (χ1) is 11.2. The van der Waals surface area contributed by atoms with Gasteiger partial charge in [-0.3, -0.25) is 9.11 Å². The van der Waals surface area contributed by atoms with Gasteiger partial charge in [-0.05, 0) is 10.8 Å². The lowest BCUT2D eigenvalue weighted by atomic mass is 10.0. The molecule has 8 nitrogen and oxygen atoms in total. The van der Waals surface area contributed by atoms with Crippen LogP contribution < -0.4 is 8.37 Å². The summed E-state index contributed by atoms with van der Waals surface area (Å²) >= 11 is 0. The number of hydrogen-bond acceptors (Lipinski definition) is 6. The molecular weight excluding hydrogens is 360 g/mol. The highest BCUT2D eigenvalue weighted by Crippen LogP contribution is 2.44. The third-order valence-corrected chi connectivity index (χ3v) is 3.97. The summed E-state index contributed by atoms with van der Waals surface area (Å²) in [7, 11) is -9.94. The molecule has 0 heterocycles. The monoisotopic (exact) mass is 370 g/mol. The van der Waals surface area contributed by atoms with Crippen LogP contribution in [-0.2, 0) is 20.8 Å². The molecule has 10 heteroatoms. The third kappa shape index (κ3) is 3.26. The molecule has 0 fully saturated rings. The minimum absolute atomic E-state index is 0.174. The number of benzene rings is 3. The average molecular weight is 370 g/mol. The Morgan fingerprint density at radius 3 is 1.17 bits per heavy atom. The lowest BCUT2D eigenvalue weighted by molar-refractivity contribution is 0.364. The van der Waals surface area contributed by atoms with Crippen molar-refractivity contribution in [1.29, 1.82) is 0 Å². The van der Waals surface area contributed by atoms with Crippen LogP contribution in [0.25, 0.3) is 21.5 Å². The lowest BCUT2D eigenvalue weighted by Gasteiger charge is -2.15. The molecule has 126 valence electrons. The molecule has 0 bridgehead atoms. The molecule has 0 saturated heterocycles. The molecule has 0 atom stereocenters. The molecule has 0 unspecified atom stereocenters. The molecule has 0 aliphatic rings. The normalized spacial score (nSPS) is 12.4. The van der Waals surface area contributed by atoms with Crippen LogP contribution in [0.4, 0.5) is 0 Å². The first-order valence-electron chi connectivity index (χ1n) is 6.43. The molecule has 24 heavy (non-hydrogen) atoms. The standard InChI is InChI=1S/C14H10O8S2/c15-23(16,17)21-13-11-7-3-1-5-9(11)10-6-2-4-8-12(10)14(13)22-24(18,19)20/h1-8H,(H,15,16,17)(H,18,19,20). The zero-order valence-electron chi connectivity index (χ0n) is 11.8. The van der Waals surface area contributed by atoms with Crippen molar-refractivity contribution >= 4 is 42.3 Å². The molecule has 3 aromatic carbocycles. The van der Waals surface area contributed by atoms with E-state index in [1.54, 1.807) is 36.4 Å². The Kier molecular flexibility index (Phi) is 3.84. The second-order valence-corrected chi connectivity index (χ2v) is 6.82. The molecule has 0 aliphatic heterocycles. The van der Waals surface area contributed by atoms with E-state index in [1.165, 1.54) is 12.1 Å². The van der Waals surface area contributed by atoms with Gasteiger partial charge in [0.25, 0.3) is 0 Å². The maximum Gasteiger partial charge on any atom is 0.446 e. The lowest BCUT2D eigenvalue weighted by Crippen LogP contribution is -2.12. The van der Waals surface area contributed by atoms with E-state index >= 15 is 0 Å². The highest BCUT2D eigenvalue weighted by molar-refractivity contribution is 7.81. The van der Waals surface area contributed by atoms with Gasteiger partial charge in [-0.2, -0.15) is 16.8 Å². The van der Waals surface area contributed by atoms with E-state index < -0.39 is 32.3 Å². The maximum atomic E-state index is 11.2. The third-order valence-electron chi connectivity index (χ3n) is 3.22. The summed E-state index contributed by atoms with van der Waals surface area (Å²) in [4.78, 5) is 0. The van der Waals surface area contributed by atoms with Crippen molar-refractivity contribution in [3.8, 4) is 11.5 Å². The molecule has 0 saturated carbocycles. The summed E-state index contributed by atoms with van der Waals surface area (Å²) in [6.45, 7) is 0. The minimum atomic E-state index is -4.97. The van der Waals surface area contributed by atoms with Gasteiger partial charge in [0.05, 0.1) is 0 Å². The van der Waals surface area contributed by atoms with Crippen LogP contribution in [-0.4, -0.2) is 25.9 Å². The summed E-state index contributed by atoms with van der Waals surface area (Å²) in [5, 5.41) is 1.42. The molecular formula is C14H10O8S2. The van der Waals surface area contributed by atoms with Gasteiger partial charge < -0.3 is 8.37 Å². The Hall–Kier alpha value is -2.40. The van der Waals surface area contributed by atoms with Crippen molar-refractivity contribution in [3.05, 3.63) is 48.5 Å². The average Bonchev–Trinajstić information content (AvgIpc) is 2.48. The van der Waals surface area contributed by atoms with Crippen molar-refractivity contribution in [3.63, 3.8) is 0 Å². The Morgan fingerprint density at radius 2 is 0.875 bits per heavy atom. The molecule has 0 radical (unpaired) electrons. The van der Waals surface area contributed by atoms with E-state index in [-0.39, 0.29) is 10.8 Å². The summed E-state index contributed by atoms with van der Waals surface area (Å²) in [6.07, 6.45) is 0. The number of rotatable bonds is 4. The Morgan fingerprint density at radius 1 is 0.583 bits per heavy atom. The van der Waals surface area contributed by atoms with Gasteiger partial charge in [-0.25, -0.2) is 0 Å². The zero-order chi connectivity index (χ0) is 17.5. The van der Waals surface area contributed by atoms with Crippen molar-refractivity contribution in [2.24, 2.45) is 0 Å². The smallest absolute Gasteiger partial charge is 0.357 e. The van der Waals surface area contributed by atoms with Crippen LogP contribution in [0.2, 0.25) is 0 Å². The van der Waals surface area contributed by atoms with Crippen LogP contribution in [0.3, 0.4) is 0 Å². The van der Waals surface area contributed by atoms with E-state index in [0.29, 0.717) is 10.8 Å². The van der Waals surface area contributed by atoms with E-state index in [4.69, 9.17) is 9.11 Å². The quantitative estimate of drug-likeness (QED) is 0.529. The highest BCUT2D eigenvalue weighted by atomic mass is 32.3. The summed E-state index contributed by atoms with van der Waals surface area (Å²) in [5.74, 6) is -1.10. The van der Waals surface area contributed by atoms with E-state index in [2.05, 4.69) is 8.37 Å². The van der Waals surface area contributed by atoms with Crippen LogP contribution in [0, 0.1) is 0 Å². The predicted octanol–water partition coefficient (Wildman–Crippen LogP) is 2.36. The minimum Gasteiger partial charge on any atom is -0.357 e. The van der Waals surface area contributed by atoms with Gasteiger partial charge in [0.15, 0.2) is 11.5 Å². The van der Waals surface area contributed by atoms with Crippen LogP contribution in [0.1, 0.15) is 0 Å². The second-order valence-electron chi connectivity index (χ2n) is 4.77. The number of hydrogen-bond donors (Lipinski definition) is 2. The fourth-order valence-electron chi connectivity index (χ4n) is 2.45. The van der Waals surface area contributed by atoms with Gasteiger partial charge in [0.1, 0.15) is 0 Å². The van der Waals surface area contributed by atoms with Crippen molar-refractivity contribution in [2.75, 3.05) is 0 Å². The highest BCUT2D eigenvalue weighted by Gasteiger charge is 2.24. The molecule has 0 spiro atoms. The van der Waals surface area contributed by atoms with Gasteiger partial charge >= 0.3 is 20.8 Å². The van der Waals surface area contributed by atoms with Gasteiger partial charge in [-0.1, -0.05) is 48.5 Å². The summed E-state index contributed by atoms with van der Waals surface area (Å²) in [5.41, 5.74) is 0. The Labute approximate surface area is 137 Å². The Bertz CT molecular complexity index is 1060. The molecule has 2 N–H and O–H groups in total. The first kappa shape index (κ1) is 16.5. The first-order valence-corrected chi connectivity index (χ1v) is 9.16. The summed E-state index contributed by atoms with van der Waals surface area (Å²) in [6, 6.07) is 12.7. The molecule has 3 aromatic rings.